The second-order valence-electron chi connectivity index (χ2n) is 6.96. The third-order valence-corrected chi connectivity index (χ3v) is 6.73. The molecule has 2 aromatic carbocycles. The van der Waals surface area contributed by atoms with Crippen molar-refractivity contribution in [1.29, 1.82) is 0 Å². The van der Waals surface area contributed by atoms with Gasteiger partial charge in [-0.3, -0.25) is 9.59 Å². The first-order valence-corrected chi connectivity index (χ1v) is 11.1. The van der Waals surface area contributed by atoms with Gasteiger partial charge in [0, 0.05) is 37.4 Å². The Bertz CT molecular complexity index is 1290. The van der Waals surface area contributed by atoms with Crippen molar-refractivity contribution < 1.29 is 13.2 Å². The van der Waals surface area contributed by atoms with Crippen LogP contribution in [0, 0.1) is 6.92 Å². The predicted molar refractivity (Wildman–Crippen MR) is 118 cm³/mol. The lowest BCUT2D eigenvalue weighted by molar-refractivity contribution is 0.0942. The lowest BCUT2D eigenvalue weighted by Crippen LogP contribution is -2.32. The largest absolute Gasteiger partial charge is 0.346 e. The third kappa shape index (κ3) is 4.84. The molecule has 0 saturated heterocycles. The monoisotopic (exact) mass is 460 g/mol. The molecular formula is C21H21ClN4O4S. The van der Waals surface area contributed by atoms with Gasteiger partial charge in [0.15, 0.2) is 5.69 Å². The summed E-state index contributed by atoms with van der Waals surface area (Å²) >= 11 is 5.92. The molecule has 0 bridgehead atoms. The first-order valence-electron chi connectivity index (χ1n) is 9.27. The van der Waals surface area contributed by atoms with Gasteiger partial charge in [-0.1, -0.05) is 29.8 Å². The summed E-state index contributed by atoms with van der Waals surface area (Å²) in [7, 11) is -0.829. The maximum Gasteiger partial charge on any atom is 0.276 e. The summed E-state index contributed by atoms with van der Waals surface area (Å²) in [5.41, 5.74) is 0.752. The summed E-state index contributed by atoms with van der Waals surface area (Å²) < 4.78 is 27.6. The van der Waals surface area contributed by atoms with Crippen molar-refractivity contribution in [2.75, 3.05) is 14.1 Å². The molecule has 1 N–H and O–H groups in total. The van der Waals surface area contributed by atoms with E-state index >= 15 is 0 Å². The number of halogens is 1. The van der Waals surface area contributed by atoms with Gasteiger partial charge in [-0.25, -0.2) is 17.4 Å². The Morgan fingerprint density at radius 1 is 1.13 bits per heavy atom. The van der Waals surface area contributed by atoms with Crippen LogP contribution < -0.4 is 10.7 Å². The van der Waals surface area contributed by atoms with E-state index in [1.165, 1.54) is 30.9 Å². The van der Waals surface area contributed by atoms with Gasteiger partial charge < -0.3 is 5.32 Å². The molecule has 0 spiro atoms. The number of carbonyl (C=O) groups is 1. The molecule has 0 unspecified atom stereocenters. The summed E-state index contributed by atoms with van der Waals surface area (Å²) in [4.78, 5) is 25.2. The number of sulfonamides is 1. The van der Waals surface area contributed by atoms with Gasteiger partial charge >= 0.3 is 0 Å². The van der Waals surface area contributed by atoms with E-state index in [1.807, 2.05) is 0 Å². The smallest absolute Gasteiger partial charge is 0.276 e. The van der Waals surface area contributed by atoms with Crippen LogP contribution in [-0.4, -0.2) is 42.5 Å². The zero-order valence-electron chi connectivity index (χ0n) is 17.2. The molecular weight excluding hydrogens is 440 g/mol. The molecule has 31 heavy (non-hydrogen) atoms. The second kappa shape index (κ2) is 9.01. The minimum absolute atomic E-state index is 0.0794. The average molecular weight is 461 g/mol. The average Bonchev–Trinajstić information content (AvgIpc) is 2.73. The molecule has 0 aliphatic rings. The third-order valence-electron chi connectivity index (χ3n) is 4.56. The van der Waals surface area contributed by atoms with Crippen LogP contribution in [0.5, 0.6) is 0 Å². The van der Waals surface area contributed by atoms with Gasteiger partial charge in [0.1, 0.15) is 0 Å². The Balaban J connectivity index is 1.90. The van der Waals surface area contributed by atoms with Crippen LogP contribution in [0.1, 0.15) is 21.7 Å². The topological polar surface area (TPSA) is 101 Å². The van der Waals surface area contributed by atoms with Crippen molar-refractivity contribution in [3.63, 3.8) is 0 Å². The summed E-state index contributed by atoms with van der Waals surface area (Å²) in [6.45, 7) is 1.62. The predicted octanol–water partition coefficient (Wildman–Crippen LogP) is 2.37. The summed E-state index contributed by atoms with van der Waals surface area (Å²) in [5, 5.41) is 7.35. The van der Waals surface area contributed by atoms with E-state index in [0.717, 1.165) is 4.31 Å². The van der Waals surface area contributed by atoms with Crippen LogP contribution in [0.25, 0.3) is 5.69 Å². The van der Waals surface area contributed by atoms with E-state index in [1.54, 1.807) is 49.4 Å². The van der Waals surface area contributed by atoms with E-state index in [0.29, 0.717) is 22.0 Å². The van der Waals surface area contributed by atoms with Gasteiger partial charge in [0.2, 0.25) is 15.5 Å². The zero-order chi connectivity index (χ0) is 22.8. The van der Waals surface area contributed by atoms with Crippen LogP contribution in [0.15, 0.2) is 64.3 Å². The van der Waals surface area contributed by atoms with E-state index in [-0.39, 0.29) is 17.1 Å². The normalized spacial score (nSPS) is 11.5. The maximum atomic E-state index is 12.7. The number of benzene rings is 2. The lowest BCUT2D eigenvalue weighted by atomic mass is 10.2. The van der Waals surface area contributed by atoms with E-state index in [4.69, 9.17) is 11.6 Å². The van der Waals surface area contributed by atoms with Gasteiger partial charge in [-0.05, 0) is 42.8 Å². The highest BCUT2D eigenvalue weighted by atomic mass is 35.5. The lowest BCUT2D eigenvalue weighted by Gasteiger charge is -2.15. The van der Waals surface area contributed by atoms with Crippen LogP contribution in [-0.2, 0) is 16.6 Å². The maximum absolute atomic E-state index is 12.7. The fourth-order valence-corrected chi connectivity index (χ4v) is 4.15. The fraction of sp³-hybridized carbons (Fsp3) is 0.190. The number of carbonyl (C=O) groups excluding carboxylic acids is 1. The van der Waals surface area contributed by atoms with Crippen molar-refractivity contribution in [3.05, 3.63) is 86.8 Å². The van der Waals surface area contributed by atoms with Crippen LogP contribution >= 0.6 is 11.6 Å². The first-order chi connectivity index (χ1) is 14.6. The van der Waals surface area contributed by atoms with Crippen molar-refractivity contribution in [3.8, 4) is 5.69 Å². The molecule has 10 heteroatoms. The van der Waals surface area contributed by atoms with Crippen LogP contribution in [0.4, 0.5) is 0 Å². The molecule has 162 valence electrons. The number of aryl methyl sites for hydroxylation is 1. The molecule has 0 atom stereocenters. The Morgan fingerprint density at radius 3 is 2.42 bits per heavy atom. The molecule has 0 fully saturated rings. The molecule has 0 aliphatic carbocycles. The van der Waals surface area contributed by atoms with Gasteiger partial charge in [-0.2, -0.15) is 5.10 Å². The molecule has 8 nitrogen and oxygen atoms in total. The Labute approximate surface area is 185 Å². The Hall–Kier alpha value is -3.01. The Morgan fingerprint density at radius 2 is 1.77 bits per heavy atom. The van der Waals surface area contributed by atoms with Gasteiger partial charge in [-0.15, -0.1) is 0 Å². The van der Waals surface area contributed by atoms with E-state index in [2.05, 4.69) is 10.4 Å². The summed E-state index contributed by atoms with van der Waals surface area (Å²) in [5.74, 6) is -0.704. The number of hydrogen-bond acceptors (Lipinski definition) is 5. The van der Waals surface area contributed by atoms with Crippen molar-refractivity contribution in [2.24, 2.45) is 0 Å². The van der Waals surface area contributed by atoms with E-state index in [9.17, 15) is 18.0 Å². The SMILES string of the molecule is Cc1cc(=O)c(C(=O)NCc2ccccc2S(=O)(=O)N(C)C)nn1-c1ccc(Cl)cc1. The number of aromatic nitrogens is 2. The second-order valence-corrected chi connectivity index (χ2v) is 9.52. The fourth-order valence-electron chi connectivity index (χ4n) is 2.91. The summed E-state index contributed by atoms with van der Waals surface area (Å²) in [6.07, 6.45) is 0. The quantitative estimate of drug-likeness (QED) is 0.608. The van der Waals surface area contributed by atoms with Gasteiger partial charge in [0.05, 0.1) is 10.6 Å². The standard InChI is InChI=1S/C21H21ClN4O4S/c1-14-12-18(27)20(24-26(14)17-10-8-16(22)9-11-17)21(28)23-13-15-6-4-5-7-19(15)31(29,30)25(2)3/h4-12H,13H2,1-3H3,(H,23,28). The molecule has 1 aromatic heterocycles. The molecule has 0 aliphatic heterocycles. The van der Waals surface area contributed by atoms with Gasteiger partial charge in [0.25, 0.3) is 5.91 Å². The van der Waals surface area contributed by atoms with Crippen molar-refractivity contribution in [2.45, 2.75) is 18.4 Å². The first kappa shape index (κ1) is 22.7. The molecule has 3 aromatic rings. The minimum atomic E-state index is -3.69. The Kier molecular flexibility index (Phi) is 6.59. The van der Waals surface area contributed by atoms with E-state index < -0.39 is 21.4 Å². The van der Waals surface area contributed by atoms with Crippen molar-refractivity contribution >= 4 is 27.5 Å². The minimum Gasteiger partial charge on any atom is -0.346 e. The van der Waals surface area contributed by atoms with Crippen LogP contribution in [0.3, 0.4) is 0 Å². The summed E-state index contributed by atoms with van der Waals surface area (Å²) in [6, 6.07) is 14.5. The highest BCUT2D eigenvalue weighted by molar-refractivity contribution is 7.89. The number of nitrogens with one attached hydrogen (secondary N) is 1. The molecule has 1 heterocycles. The molecule has 0 radical (unpaired) electrons. The number of hydrogen-bond donors (Lipinski definition) is 1. The molecule has 0 saturated carbocycles. The number of rotatable bonds is 6. The molecule has 1 amide bonds. The van der Waals surface area contributed by atoms with Crippen molar-refractivity contribution in [1.82, 2.24) is 19.4 Å². The number of amides is 1. The molecule has 3 rings (SSSR count). The zero-order valence-corrected chi connectivity index (χ0v) is 18.7. The highest BCUT2D eigenvalue weighted by Crippen LogP contribution is 2.18. The van der Waals surface area contributed by atoms with Crippen LogP contribution in [0.2, 0.25) is 5.02 Å². The number of nitrogens with zero attached hydrogens (tertiary/aromatic N) is 3. The highest BCUT2D eigenvalue weighted by Gasteiger charge is 2.22.